The Kier molecular flexibility index (Phi) is 8.00. The first kappa shape index (κ1) is 24.2. The summed E-state index contributed by atoms with van der Waals surface area (Å²) in [5, 5.41) is 18.9. The van der Waals surface area contributed by atoms with Gasteiger partial charge in [0.15, 0.2) is 11.0 Å². The average molecular weight is 470 g/mol. The maximum atomic E-state index is 12.1. The Bertz CT molecular complexity index is 1130. The number of ether oxygens (including phenoxy) is 3. The van der Waals surface area contributed by atoms with Crippen molar-refractivity contribution in [3.05, 3.63) is 52.9 Å². The summed E-state index contributed by atoms with van der Waals surface area (Å²) in [5.41, 5.74) is 1.43. The summed E-state index contributed by atoms with van der Waals surface area (Å²) in [7, 11) is 3.16. The summed E-state index contributed by atoms with van der Waals surface area (Å²) in [4.78, 5) is 12.2. The highest BCUT2D eigenvalue weighted by Crippen LogP contribution is 2.34. The molecule has 174 valence electrons. The second-order valence-electron chi connectivity index (χ2n) is 7.27. The van der Waals surface area contributed by atoms with E-state index in [0.717, 1.165) is 17.3 Å². The predicted octanol–water partition coefficient (Wildman–Crippen LogP) is 4.99. The molecule has 2 aromatic carbocycles. The van der Waals surface area contributed by atoms with Crippen LogP contribution in [0.5, 0.6) is 17.2 Å². The molecule has 0 aliphatic carbocycles. The van der Waals surface area contributed by atoms with Crippen LogP contribution in [0, 0.1) is 0 Å². The largest absolute Gasteiger partial charge is 0.497 e. The van der Waals surface area contributed by atoms with Gasteiger partial charge in [-0.2, -0.15) is 0 Å². The number of para-hydroxylation sites is 1. The number of aromatic nitrogens is 3. The van der Waals surface area contributed by atoms with E-state index in [2.05, 4.69) is 10.2 Å². The van der Waals surface area contributed by atoms with E-state index in [1.54, 1.807) is 26.4 Å². The van der Waals surface area contributed by atoms with Crippen molar-refractivity contribution < 1.29 is 24.1 Å². The molecule has 0 aliphatic heterocycles. The Balaban J connectivity index is 2.00. The molecule has 0 amide bonds. The first-order chi connectivity index (χ1) is 15.9. The fraction of sp³-hybridized carbons (Fsp3) is 0.292. The topological polar surface area (TPSA) is 95.7 Å². The first-order valence-electron chi connectivity index (χ1n) is 10.4. The van der Waals surface area contributed by atoms with E-state index in [1.165, 1.54) is 0 Å². The molecule has 0 bridgehead atoms. The van der Waals surface area contributed by atoms with Gasteiger partial charge in [0.2, 0.25) is 0 Å². The van der Waals surface area contributed by atoms with Crippen molar-refractivity contribution in [3.63, 3.8) is 0 Å². The highest BCUT2D eigenvalue weighted by molar-refractivity contribution is 8.04. The van der Waals surface area contributed by atoms with Crippen LogP contribution in [0.3, 0.4) is 0 Å². The van der Waals surface area contributed by atoms with Gasteiger partial charge in [-0.25, -0.2) is 4.79 Å². The molecular formula is C24H27N3O5S. The van der Waals surface area contributed by atoms with Crippen LogP contribution in [0.2, 0.25) is 0 Å². The Hall–Kier alpha value is -3.46. The van der Waals surface area contributed by atoms with Crippen LogP contribution in [0.25, 0.3) is 17.5 Å². The maximum Gasteiger partial charge on any atom is 0.342 e. The first-order valence-corrected chi connectivity index (χ1v) is 11.2. The zero-order valence-corrected chi connectivity index (χ0v) is 20.0. The molecule has 1 heterocycles. The van der Waals surface area contributed by atoms with E-state index in [4.69, 9.17) is 14.2 Å². The number of carbonyl (C=O) groups is 1. The van der Waals surface area contributed by atoms with E-state index in [-0.39, 0.29) is 11.0 Å². The third kappa shape index (κ3) is 5.87. The molecule has 0 aliphatic rings. The van der Waals surface area contributed by atoms with Crippen LogP contribution in [0.1, 0.15) is 26.3 Å². The maximum absolute atomic E-state index is 12.1. The number of aliphatic carboxylic acids is 1. The van der Waals surface area contributed by atoms with Gasteiger partial charge in [-0.15, -0.1) is 10.2 Å². The fourth-order valence-corrected chi connectivity index (χ4v) is 4.01. The van der Waals surface area contributed by atoms with Gasteiger partial charge in [-0.3, -0.25) is 0 Å². The van der Waals surface area contributed by atoms with Gasteiger partial charge < -0.3 is 23.9 Å². The van der Waals surface area contributed by atoms with Gasteiger partial charge in [0, 0.05) is 23.7 Å². The summed E-state index contributed by atoms with van der Waals surface area (Å²) in [5.74, 6) is 1.39. The van der Waals surface area contributed by atoms with Gasteiger partial charge in [-0.1, -0.05) is 18.2 Å². The van der Waals surface area contributed by atoms with Crippen LogP contribution < -0.4 is 14.2 Å². The van der Waals surface area contributed by atoms with E-state index in [0.29, 0.717) is 40.3 Å². The molecule has 33 heavy (non-hydrogen) atoms. The van der Waals surface area contributed by atoms with Gasteiger partial charge >= 0.3 is 5.97 Å². The second-order valence-corrected chi connectivity index (χ2v) is 8.28. The minimum absolute atomic E-state index is 0.0360. The molecule has 0 radical (unpaired) electrons. The zero-order chi connectivity index (χ0) is 24.0. The number of carboxylic acids is 1. The van der Waals surface area contributed by atoms with Crippen LogP contribution in [-0.2, 0) is 11.3 Å². The van der Waals surface area contributed by atoms with Crippen molar-refractivity contribution in [2.75, 3.05) is 14.2 Å². The number of methoxy groups -OCH3 is 2. The van der Waals surface area contributed by atoms with E-state index < -0.39 is 5.97 Å². The van der Waals surface area contributed by atoms with Crippen molar-refractivity contribution in [1.82, 2.24) is 14.8 Å². The summed E-state index contributed by atoms with van der Waals surface area (Å²) in [6, 6.07) is 12.8. The summed E-state index contributed by atoms with van der Waals surface area (Å²) in [6.07, 6.45) is 1.55. The standard InChI is InChI=1S/C24H27N3O5S/c1-6-27-22(17-11-18(30-4)14-19(12-17)31-5)25-26-24(27)33-21(23(28)29)13-16-9-7-8-10-20(16)32-15(2)3/h7-15H,6H2,1-5H3,(H,28,29)/b21-13-. The molecule has 0 spiro atoms. The van der Waals surface area contributed by atoms with Crippen molar-refractivity contribution in [1.29, 1.82) is 0 Å². The lowest BCUT2D eigenvalue weighted by atomic mass is 10.2. The number of thioether (sulfide) groups is 1. The lowest BCUT2D eigenvalue weighted by Crippen LogP contribution is -2.07. The lowest BCUT2D eigenvalue weighted by molar-refractivity contribution is -0.131. The van der Waals surface area contributed by atoms with Gasteiger partial charge in [0.25, 0.3) is 0 Å². The van der Waals surface area contributed by atoms with Crippen molar-refractivity contribution in [2.24, 2.45) is 0 Å². The Morgan fingerprint density at radius 1 is 1.12 bits per heavy atom. The Morgan fingerprint density at radius 2 is 1.79 bits per heavy atom. The van der Waals surface area contributed by atoms with Crippen LogP contribution in [-0.4, -0.2) is 46.2 Å². The molecule has 9 heteroatoms. The number of hydrogen-bond donors (Lipinski definition) is 1. The predicted molar refractivity (Wildman–Crippen MR) is 128 cm³/mol. The van der Waals surface area contributed by atoms with Crippen molar-refractivity contribution in [3.8, 4) is 28.6 Å². The van der Waals surface area contributed by atoms with Gasteiger partial charge in [0.1, 0.15) is 22.2 Å². The van der Waals surface area contributed by atoms with Crippen molar-refractivity contribution in [2.45, 2.75) is 38.6 Å². The molecular weight excluding hydrogens is 442 g/mol. The van der Waals surface area contributed by atoms with Crippen molar-refractivity contribution >= 4 is 23.8 Å². The second kappa shape index (κ2) is 10.9. The normalized spacial score (nSPS) is 11.5. The minimum Gasteiger partial charge on any atom is -0.497 e. The van der Waals surface area contributed by atoms with Gasteiger partial charge in [0.05, 0.1) is 20.3 Å². The number of hydrogen-bond acceptors (Lipinski definition) is 7. The number of benzene rings is 2. The van der Waals surface area contributed by atoms with E-state index in [9.17, 15) is 9.90 Å². The quantitative estimate of drug-likeness (QED) is 0.328. The molecule has 0 saturated heterocycles. The monoisotopic (exact) mass is 469 g/mol. The number of carboxylic acid groups (broad SMARTS) is 1. The molecule has 0 atom stereocenters. The van der Waals surface area contributed by atoms with E-state index >= 15 is 0 Å². The van der Waals surface area contributed by atoms with E-state index in [1.807, 2.05) is 61.7 Å². The van der Waals surface area contributed by atoms with Crippen LogP contribution in [0.15, 0.2) is 52.5 Å². The lowest BCUT2D eigenvalue weighted by Gasteiger charge is -2.13. The fourth-order valence-electron chi connectivity index (χ4n) is 3.13. The molecule has 0 saturated carbocycles. The molecule has 8 nitrogen and oxygen atoms in total. The third-order valence-corrected chi connectivity index (χ3v) is 5.62. The molecule has 3 aromatic rings. The average Bonchev–Trinajstić information content (AvgIpc) is 3.21. The third-order valence-electron chi connectivity index (χ3n) is 4.62. The molecule has 0 unspecified atom stereocenters. The number of rotatable bonds is 10. The summed E-state index contributed by atoms with van der Waals surface area (Å²) >= 11 is 1.04. The van der Waals surface area contributed by atoms with Crippen LogP contribution >= 0.6 is 11.8 Å². The highest BCUT2D eigenvalue weighted by Gasteiger charge is 2.20. The minimum atomic E-state index is -1.06. The smallest absolute Gasteiger partial charge is 0.342 e. The van der Waals surface area contributed by atoms with Gasteiger partial charge in [-0.05, 0) is 56.8 Å². The molecule has 1 aromatic heterocycles. The molecule has 3 rings (SSSR count). The summed E-state index contributed by atoms with van der Waals surface area (Å²) < 4.78 is 18.4. The van der Waals surface area contributed by atoms with Crippen LogP contribution in [0.4, 0.5) is 0 Å². The Morgan fingerprint density at radius 3 is 2.36 bits per heavy atom. The Labute approximate surface area is 197 Å². The SMILES string of the molecule is CCn1c(S/C(=C\c2ccccc2OC(C)C)C(=O)O)nnc1-c1cc(OC)cc(OC)c1. The highest BCUT2D eigenvalue weighted by atomic mass is 32.2. The molecule has 1 N–H and O–H groups in total. The number of nitrogens with zero attached hydrogens (tertiary/aromatic N) is 3. The zero-order valence-electron chi connectivity index (χ0n) is 19.2. The molecule has 0 fully saturated rings. The summed E-state index contributed by atoms with van der Waals surface area (Å²) in [6.45, 7) is 6.34.